The maximum atomic E-state index is 9.65. The minimum absolute atomic E-state index is 0. The number of nitrogens with two attached hydrogens (primary N) is 1. The molecular formula is C12H14N4O. The van der Waals surface area contributed by atoms with Gasteiger partial charge in [0.15, 0.2) is 0 Å². The number of nitrogen functional groups attached to an aromatic ring is 1. The Balaban J connectivity index is 0.000000292. The third-order valence-electron chi connectivity index (χ3n) is 1.51. The lowest BCUT2D eigenvalue weighted by atomic mass is 10.4. The van der Waals surface area contributed by atoms with Crippen LogP contribution in [0, 0.1) is 0 Å². The average Bonchev–Trinajstić information content (AvgIpc) is 2.33. The quantitative estimate of drug-likeness (QED) is 0.602. The first-order valence-corrected chi connectivity index (χ1v) is 4.46. The van der Waals surface area contributed by atoms with E-state index in [4.69, 9.17) is 5.73 Å². The molecule has 88 valence electrons. The second-order valence-electron chi connectivity index (χ2n) is 2.70. The minimum Gasteiger partial charge on any atom is -0.397 e. The molecule has 0 fully saturated rings. The number of aromatic nitrogens is 2. The predicted molar refractivity (Wildman–Crippen MR) is 67.4 cm³/mol. The lowest BCUT2D eigenvalue weighted by Crippen LogP contribution is -1.82. The number of nitrogens with zero attached hydrogens (tertiary/aromatic N) is 3. The van der Waals surface area contributed by atoms with Gasteiger partial charge in [-0.05, 0) is 24.3 Å². The Morgan fingerprint density at radius 1 is 1.12 bits per heavy atom. The van der Waals surface area contributed by atoms with Crippen molar-refractivity contribution in [3.8, 4) is 0 Å². The number of rotatable bonds is 1. The highest BCUT2D eigenvalue weighted by Gasteiger charge is 1.81. The minimum atomic E-state index is 0. The molecule has 0 atom stereocenters. The number of hydrogen-bond acceptors (Lipinski definition) is 5. The van der Waals surface area contributed by atoms with Crippen molar-refractivity contribution in [2.75, 3.05) is 5.73 Å². The van der Waals surface area contributed by atoms with Crippen LogP contribution in [0.1, 0.15) is 7.43 Å². The summed E-state index contributed by atoms with van der Waals surface area (Å²) in [6, 6.07) is 6.98. The molecule has 0 spiro atoms. The largest absolute Gasteiger partial charge is 0.397 e. The molecule has 2 aromatic heterocycles. The van der Waals surface area contributed by atoms with Crippen LogP contribution < -0.4 is 5.73 Å². The van der Waals surface area contributed by atoms with E-state index < -0.39 is 0 Å². The topological polar surface area (TPSA) is 81.2 Å². The van der Waals surface area contributed by atoms with E-state index in [9.17, 15) is 4.79 Å². The van der Waals surface area contributed by atoms with E-state index >= 15 is 0 Å². The highest BCUT2D eigenvalue weighted by atomic mass is 16.1. The Hall–Kier alpha value is -2.52. The van der Waals surface area contributed by atoms with Gasteiger partial charge in [0.1, 0.15) is 0 Å². The first kappa shape index (κ1) is 14.5. The summed E-state index contributed by atoms with van der Waals surface area (Å²) in [6.07, 6.45) is 7.83. The normalized spacial score (nSPS) is 7.76. The second kappa shape index (κ2) is 8.76. The van der Waals surface area contributed by atoms with Crippen molar-refractivity contribution in [2.24, 2.45) is 4.99 Å². The molecule has 0 aliphatic rings. The van der Waals surface area contributed by atoms with Crippen molar-refractivity contribution in [3.63, 3.8) is 0 Å². The van der Waals surface area contributed by atoms with E-state index in [2.05, 4.69) is 15.0 Å². The number of pyridine rings is 2. The van der Waals surface area contributed by atoms with Crippen LogP contribution in [0.5, 0.6) is 0 Å². The summed E-state index contributed by atoms with van der Waals surface area (Å²) in [5.74, 6) is 0. The van der Waals surface area contributed by atoms with Crippen molar-refractivity contribution in [3.05, 3.63) is 49.1 Å². The van der Waals surface area contributed by atoms with Crippen LogP contribution in [0.25, 0.3) is 0 Å². The fourth-order valence-corrected chi connectivity index (χ4v) is 0.849. The first-order chi connectivity index (χ1) is 7.83. The standard InChI is InChI=1S/C6H4N2O.C5H6N2.CH4/c9-5-8-6-2-1-3-7-4-6;6-5-2-1-3-7-4-5;/h1-4H;1-4H,6H2;1H4. The van der Waals surface area contributed by atoms with E-state index in [1.54, 1.807) is 42.9 Å². The van der Waals surface area contributed by atoms with Crippen LogP contribution in [-0.4, -0.2) is 16.0 Å². The molecule has 2 aromatic rings. The van der Waals surface area contributed by atoms with Crippen molar-refractivity contribution >= 4 is 17.5 Å². The number of anilines is 1. The lowest BCUT2D eigenvalue weighted by Gasteiger charge is -1.83. The molecule has 0 amide bonds. The number of aliphatic imine (C=N–C) groups is 1. The Morgan fingerprint density at radius 3 is 2.12 bits per heavy atom. The highest BCUT2D eigenvalue weighted by molar-refractivity contribution is 5.46. The van der Waals surface area contributed by atoms with Gasteiger partial charge in [0.05, 0.1) is 17.6 Å². The van der Waals surface area contributed by atoms with Gasteiger partial charge in [-0.25, -0.2) is 4.79 Å². The van der Waals surface area contributed by atoms with Crippen LogP contribution in [0.2, 0.25) is 0 Å². The lowest BCUT2D eigenvalue weighted by molar-refractivity contribution is 0.565. The summed E-state index contributed by atoms with van der Waals surface area (Å²) in [4.78, 5) is 20.5. The van der Waals surface area contributed by atoms with Crippen molar-refractivity contribution in [2.45, 2.75) is 7.43 Å². The maximum Gasteiger partial charge on any atom is 0.240 e. The summed E-state index contributed by atoms with van der Waals surface area (Å²) < 4.78 is 0. The zero-order chi connectivity index (χ0) is 11.6. The summed E-state index contributed by atoms with van der Waals surface area (Å²) in [7, 11) is 0. The fraction of sp³-hybridized carbons (Fsp3) is 0.0833. The van der Waals surface area contributed by atoms with Crippen LogP contribution in [0.15, 0.2) is 54.0 Å². The van der Waals surface area contributed by atoms with E-state index in [0.29, 0.717) is 11.4 Å². The van der Waals surface area contributed by atoms with E-state index in [-0.39, 0.29) is 7.43 Å². The molecule has 5 heteroatoms. The van der Waals surface area contributed by atoms with E-state index in [0.717, 1.165) is 0 Å². The fourth-order valence-electron chi connectivity index (χ4n) is 0.849. The average molecular weight is 230 g/mol. The molecule has 0 aromatic carbocycles. The van der Waals surface area contributed by atoms with Gasteiger partial charge in [-0.2, -0.15) is 4.99 Å². The summed E-state index contributed by atoms with van der Waals surface area (Å²) in [5, 5.41) is 0. The summed E-state index contributed by atoms with van der Waals surface area (Å²) >= 11 is 0. The number of isocyanates is 1. The van der Waals surface area contributed by atoms with Crippen LogP contribution in [-0.2, 0) is 4.79 Å². The molecule has 0 saturated carbocycles. The summed E-state index contributed by atoms with van der Waals surface area (Å²) in [5.41, 5.74) is 6.54. The van der Waals surface area contributed by atoms with Crippen LogP contribution >= 0.6 is 0 Å². The smallest absolute Gasteiger partial charge is 0.240 e. The number of carbonyl (C=O) groups excluding carboxylic acids is 1. The molecule has 0 saturated heterocycles. The van der Waals surface area contributed by atoms with Gasteiger partial charge in [0.25, 0.3) is 0 Å². The molecule has 0 bridgehead atoms. The molecule has 2 rings (SSSR count). The first-order valence-electron chi connectivity index (χ1n) is 4.46. The molecule has 5 nitrogen and oxygen atoms in total. The third kappa shape index (κ3) is 6.54. The Morgan fingerprint density at radius 2 is 1.76 bits per heavy atom. The third-order valence-corrected chi connectivity index (χ3v) is 1.51. The SMILES string of the molecule is C.Nc1cccnc1.O=C=Nc1cccnc1. The van der Waals surface area contributed by atoms with E-state index in [1.165, 1.54) is 12.3 Å². The monoisotopic (exact) mass is 230 g/mol. The van der Waals surface area contributed by atoms with Crippen LogP contribution in [0.4, 0.5) is 11.4 Å². The van der Waals surface area contributed by atoms with Crippen molar-refractivity contribution in [1.82, 2.24) is 9.97 Å². The summed E-state index contributed by atoms with van der Waals surface area (Å²) in [6.45, 7) is 0. The van der Waals surface area contributed by atoms with Gasteiger partial charge in [-0.1, -0.05) is 7.43 Å². The second-order valence-corrected chi connectivity index (χ2v) is 2.70. The molecular weight excluding hydrogens is 216 g/mol. The number of hydrogen-bond donors (Lipinski definition) is 1. The molecule has 2 N–H and O–H groups in total. The zero-order valence-corrected chi connectivity index (χ0v) is 8.45. The molecule has 0 radical (unpaired) electrons. The molecule has 2 heterocycles. The van der Waals surface area contributed by atoms with Gasteiger partial charge in [0, 0.05) is 18.6 Å². The Labute approximate surface area is 100 Å². The van der Waals surface area contributed by atoms with Gasteiger partial charge in [-0.15, -0.1) is 0 Å². The molecule has 0 aliphatic heterocycles. The molecule has 17 heavy (non-hydrogen) atoms. The Kier molecular flexibility index (Phi) is 7.46. The molecule has 0 unspecified atom stereocenters. The van der Waals surface area contributed by atoms with E-state index in [1.807, 2.05) is 0 Å². The van der Waals surface area contributed by atoms with Gasteiger partial charge >= 0.3 is 0 Å². The predicted octanol–water partition coefficient (Wildman–Crippen LogP) is 2.35. The Bertz CT molecular complexity index is 452. The van der Waals surface area contributed by atoms with Crippen LogP contribution in [0.3, 0.4) is 0 Å². The van der Waals surface area contributed by atoms with Gasteiger partial charge in [0.2, 0.25) is 6.08 Å². The zero-order valence-electron chi connectivity index (χ0n) is 8.45. The van der Waals surface area contributed by atoms with Crippen molar-refractivity contribution in [1.29, 1.82) is 0 Å². The maximum absolute atomic E-state index is 9.65. The van der Waals surface area contributed by atoms with Gasteiger partial charge < -0.3 is 5.73 Å². The van der Waals surface area contributed by atoms with Crippen molar-refractivity contribution < 1.29 is 4.79 Å². The molecule has 0 aliphatic carbocycles. The van der Waals surface area contributed by atoms with Gasteiger partial charge in [-0.3, -0.25) is 9.97 Å². The highest BCUT2D eigenvalue weighted by Crippen LogP contribution is 2.04.